The molecule has 2 N–H and O–H groups in total. The highest BCUT2D eigenvalue weighted by atomic mass is 19.1. The normalized spacial score (nSPS) is 28.4. The minimum Gasteiger partial charge on any atom is -0.391 e. The molecule has 1 unspecified atom stereocenters. The van der Waals surface area contributed by atoms with Gasteiger partial charge in [-0.25, -0.2) is 13.8 Å². The summed E-state index contributed by atoms with van der Waals surface area (Å²) in [4.78, 5) is 12.4. The maximum Gasteiger partial charge on any atom is 0.153 e. The number of carbonyl (C=O) groups excluding carboxylic acids is 1. The number of aliphatic hydroxyl groups is 1. The Kier molecular flexibility index (Phi) is 4.01. The highest BCUT2D eigenvalue weighted by molar-refractivity contribution is 5.86. The summed E-state index contributed by atoms with van der Waals surface area (Å²) in [6.07, 6.45) is -0.0976. The summed E-state index contributed by atoms with van der Waals surface area (Å²) in [6.45, 7) is 4.27. The predicted molar refractivity (Wildman–Crippen MR) is 76.9 cm³/mol. The molecule has 4 nitrogen and oxygen atoms in total. The summed E-state index contributed by atoms with van der Waals surface area (Å²) >= 11 is 0. The molecule has 1 fully saturated rings. The van der Waals surface area contributed by atoms with Crippen LogP contribution in [0.1, 0.15) is 37.4 Å². The molecule has 22 heavy (non-hydrogen) atoms. The minimum absolute atomic E-state index is 0.0718. The molecule has 0 amide bonds. The number of nitrogens with zero attached hydrogens (tertiary/aromatic N) is 1. The second kappa shape index (κ2) is 5.68. The number of rotatable bonds is 3. The number of carbonyl (C=O) groups is 1. The summed E-state index contributed by atoms with van der Waals surface area (Å²) < 4.78 is 27.5. The number of hydrogen-bond acceptors (Lipinski definition) is 4. The van der Waals surface area contributed by atoms with Crippen molar-refractivity contribution in [1.29, 1.82) is 0 Å². The van der Waals surface area contributed by atoms with Crippen LogP contribution in [0.3, 0.4) is 0 Å². The Morgan fingerprint density at radius 2 is 2.14 bits per heavy atom. The van der Waals surface area contributed by atoms with Crippen molar-refractivity contribution in [3.8, 4) is 0 Å². The summed E-state index contributed by atoms with van der Waals surface area (Å²) in [7, 11) is 0. The zero-order valence-electron chi connectivity index (χ0n) is 12.6. The van der Waals surface area contributed by atoms with Crippen LogP contribution in [0.4, 0.5) is 8.78 Å². The van der Waals surface area contributed by atoms with Crippen molar-refractivity contribution in [3.63, 3.8) is 0 Å². The van der Waals surface area contributed by atoms with E-state index < -0.39 is 23.8 Å². The van der Waals surface area contributed by atoms with E-state index in [1.807, 2.05) is 13.8 Å². The van der Waals surface area contributed by atoms with E-state index in [4.69, 9.17) is 0 Å². The van der Waals surface area contributed by atoms with Crippen molar-refractivity contribution in [2.24, 2.45) is 5.92 Å². The second-order valence-corrected chi connectivity index (χ2v) is 6.35. The van der Waals surface area contributed by atoms with Gasteiger partial charge in [-0.05, 0) is 23.6 Å². The zero-order chi connectivity index (χ0) is 16.0. The Morgan fingerprint density at radius 1 is 1.41 bits per heavy atom. The number of benzene rings is 1. The van der Waals surface area contributed by atoms with E-state index in [-0.39, 0.29) is 24.2 Å². The van der Waals surface area contributed by atoms with Gasteiger partial charge >= 0.3 is 0 Å². The smallest absolute Gasteiger partial charge is 0.153 e. The molecule has 2 aliphatic rings. The van der Waals surface area contributed by atoms with Crippen molar-refractivity contribution < 1.29 is 18.7 Å². The lowest BCUT2D eigenvalue weighted by Crippen LogP contribution is -2.47. The Balaban J connectivity index is 1.97. The Bertz CT molecular complexity index is 606. The quantitative estimate of drug-likeness (QED) is 0.893. The highest BCUT2D eigenvalue weighted by Gasteiger charge is 2.44. The minimum atomic E-state index is -0.862. The summed E-state index contributed by atoms with van der Waals surface area (Å²) in [5.41, 5.74) is 3.87. The highest BCUT2D eigenvalue weighted by Crippen LogP contribution is 2.39. The fourth-order valence-electron chi connectivity index (χ4n) is 3.50. The maximum absolute atomic E-state index is 13.9. The maximum atomic E-state index is 13.9. The van der Waals surface area contributed by atoms with Crippen LogP contribution in [0.25, 0.3) is 0 Å². The molecule has 0 radical (unpaired) electrons. The van der Waals surface area contributed by atoms with Crippen LogP contribution in [0.5, 0.6) is 0 Å². The molecule has 1 aliphatic heterocycles. The Labute approximate surface area is 128 Å². The lowest BCUT2D eigenvalue weighted by atomic mass is 9.97. The first-order valence-corrected chi connectivity index (χ1v) is 7.61. The van der Waals surface area contributed by atoms with Crippen LogP contribution in [0.15, 0.2) is 12.1 Å². The molecule has 1 saturated heterocycles. The lowest BCUT2D eigenvalue weighted by Gasteiger charge is -2.32. The van der Waals surface area contributed by atoms with Gasteiger partial charge in [0.1, 0.15) is 11.6 Å². The van der Waals surface area contributed by atoms with Crippen molar-refractivity contribution in [2.75, 3.05) is 6.54 Å². The number of fused-ring (bicyclic) bond motifs is 1. The van der Waals surface area contributed by atoms with Crippen LogP contribution in [0, 0.1) is 17.6 Å². The van der Waals surface area contributed by atoms with Gasteiger partial charge < -0.3 is 5.11 Å². The van der Waals surface area contributed by atoms with Gasteiger partial charge in [-0.3, -0.25) is 10.2 Å². The molecule has 6 heteroatoms. The number of halogens is 2. The van der Waals surface area contributed by atoms with E-state index in [0.29, 0.717) is 24.1 Å². The van der Waals surface area contributed by atoms with Gasteiger partial charge in [-0.15, -0.1) is 0 Å². The van der Waals surface area contributed by atoms with Crippen molar-refractivity contribution >= 4 is 5.78 Å². The zero-order valence-corrected chi connectivity index (χ0v) is 12.6. The average molecular weight is 310 g/mol. The lowest BCUT2D eigenvalue weighted by molar-refractivity contribution is -0.129. The average Bonchev–Trinajstić information content (AvgIpc) is 3.01. The standard InChI is InChI=1S/C16H20F2N2O2/c1-8(2)16(22)13-3-4-19-20(13)15-11-5-9(17)6-12(18)10(11)7-14(15)21/h5-6,8,13-15,19,21H,3-4,7H2,1-2H3/t13?,14-,15-/m1/s1. The summed E-state index contributed by atoms with van der Waals surface area (Å²) in [5, 5.41) is 12.0. The summed E-state index contributed by atoms with van der Waals surface area (Å²) in [6, 6.07) is 1.12. The topological polar surface area (TPSA) is 52.6 Å². The third-order valence-electron chi connectivity index (χ3n) is 4.54. The third kappa shape index (κ3) is 2.45. The number of hydrogen-bond donors (Lipinski definition) is 2. The van der Waals surface area contributed by atoms with Crippen LogP contribution in [-0.2, 0) is 11.2 Å². The van der Waals surface area contributed by atoms with E-state index in [2.05, 4.69) is 5.43 Å². The van der Waals surface area contributed by atoms with Crippen molar-refractivity contribution in [1.82, 2.24) is 10.4 Å². The molecule has 1 aromatic carbocycles. The first-order valence-electron chi connectivity index (χ1n) is 7.61. The van der Waals surface area contributed by atoms with E-state index in [0.717, 1.165) is 6.07 Å². The van der Waals surface area contributed by atoms with E-state index in [1.165, 1.54) is 6.07 Å². The van der Waals surface area contributed by atoms with E-state index in [9.17, 15) is 18.7 Å². The molecule has 0 saturated carbocycles. The van der Waals surface area contributed by atoms with Gasteiger partial charge in [0.05, 0.1) is 18.2 Å². The molecule has 1 heterocycles. The molecule has 1 aromatic rings. The van der Waals surface area contributed by atoms with Gasteiger partial charge in [-0.2, -0.15) is 0 Å². The molecule has 3 atom stereocenters. The SMILES string of the molecule is CC(C)C(=O)C1CCNN1[C@@H]1c2cc(F)cc(F)c2C[C@H]1O. The van der Waals surface area contributed by atoms with Crippen LogP contribution in [-0.4, -0.2) is 34.6 Å². The first-order chi connectivity index (χ1) is 10.4. The largest absolute Gasteiger partial charge is 0.391 e. The monoisotopic (exact) mass is 310 g/mol. The van der Waals surface area contributed by atoms with Crippen LogP contribution < -0.4 is 5.43 Å². The van der Waals surface area contributed by atoms with Gasteiger partial charge in [0.25, 0.3) is 0 Å². The number of Topliss-reactive ketones (excluding diaryl/α,β-unsaturated/α-hetero) is 1. The Morgan fingerprint density at radius 3 is 2.82 bits per heavy atom. The van der Waals surface area contributed by atoms with E-state index >= 15 is 0 Å². The summed E-state index contributed by atoms with van der Waals surface area (Å²) in [5.74, 6) is -1.36. The molecule has 3 rings (SSSR count). The van der Waals surface area contributed by atoms with Gasteiger partial charge in [0.2, 0.25) is 0 Å². The first kappa shape index (κ1) is 15.5. The molecule has 0 spiro atoms. The van der Waals surface area contributed by atoms with Gasteiger partial charge in [-0.1, -0.05) is 13.8 Å². The Hall–Kier alpha value is -1.37. The molecule has 1 aliphatic carbocycles. The molecule has 120 valence electrons. The van der Waals surface area contributed by atoms with Gasteiger partial charge in [0.15, 0.2) is 5.78 Å². The van der Waals surface area contributed by atoms with Crippen LogP contribution >= 0.6 is 0 Å². The predicted octanol–water partition coefficient (Wildman–Crippen LogP) is 1.73. The number of aliphatic hydroxyl groups excluding tert-OH is 1. The molecule has 0 aromatic heterocycles. The molecular weight excluding hydrogens is 290 g/mol. The number of nitrogens with one attached hydrogen (secondary N) is 1. The third-order valence-corrected chi connectivity index (χ3v) is 4.54. The van der Waals surface area contributed by atoms with Gasteiger partial charge in [0, 0.05) is 24.9 Å². The molecular formula is C16H20F2N2O2. The van der Waals surface area contributed by atoms with Crippen molar-refractivity contribution in [3.05, 3.63) is 34.9 Å². The van der Waals surface area contributed by atoms with Crippen LogP contribution in [0.2, 0.25) is 0 Å². The fourth-order valence-corrected chi connectivity index (χ4v) is 3.50. The fraction of sp³-hybridized carbons (Fsp3) is 0.562. The van der Waals surface area contributed by atoms with E-state index in [1.54, 1.807) is 5.01 Å². The molecule has 0 bridgehead atoms. The van der Waals surface area contributed by atoms with Crippen molar-refractivity contribution in [2.45, 2.75) is 44.9 Å². The number of ketones is 1. The number of hydrazine groups is 1. The second-order valence-electron chi connectivity index (χ2n) is 6.35.